The van der Waals surface area contributed by atoms with Crippen LogP contribution in [0.2, 0.25) is 0 Å². The van der Waals surface area contributed by atoms with E-state index in [0.717, 1.165) is 27.8 Å². The lowest BCUT2D eigenvalue weighted by Crippen LogP contribution is -2.23. The Hall–Kier alpha value is -4.20. The van der Waals surface area contributed by atoms with Gasteiger partial charge in [-0.3, -0.25) is 14.8 Å². The van der Waals surface area contributed by atoms with Crippen LogP contribution >= 0.6 is 0 Å². The Morgan fingerprint density at radius 2 is 1.85 bits per heavy atom. The summed E-state index contributed by atoms with van der Waals surface area (Å²) in [7, 11) is 2.92. The third-order valence-corrected chi connectivity index (χ3v) is 5.69. The number of halogens is 1. The van der Waals surface area contributed by atoms with Crippen LogP contribution in [0.4, 0.5) is 4.39 Å². The van der Waals surface area contributed by atoms with E-state index in [1.807, 2.05) is 13.0 Å². The van der Waals surface area contributed by atoms with Gasteiger partial charge in [0.2, 0.25) is 11.7 Å². The summed E-state index contributed by atoms with van der Waals surface area (Å²) in [6.07, 6.45) is 6.71. The summed E-state index contributed by atoms with van der Waals surface area (Å²) in [6, 6.07) is 7.93. The summed E-state index contributed by atoms with van der Waals surface area (Å²) in [6.45, 7) is 2.16. The second-order valence-electron chi connectivity index (χ2n) is 7.78. The van der Waals surface area contributed by atoms with E-state index in [-0.39, 0.29) is 41.9 Å². The molecule has 0 radical (unpaired) electrons. The number of carbonyl (C=O) groups is 1. The Bertz CT molecular complexity index is 1280. The normalized spacial score (nSPS) is 13.7. The number of aromatic nitrogens is 2. The lowest BCUT2D eigenvalue weighted by Gasteiger charge is -2.11. The summed E-state index contributed by atoms with van der Waals surface area (Å²) in [4.78, 5) is 20.9. The third kappa shape index (κ3) is 4.61. The molecule has 1 aliphatic rings. The average molecular weight is 461 g/mol. The van der Waals surface area contributed by atoms with Gasteiger partial charge in [-0.1, -0.05) is 6.07 Å². The topological polar surface area (TPSA) is 93.6 Å². The van der Waals surface area contributed by atoms with E-state index in [9.17, 15) is 14.3 Å². The monoisotopic (exact) mass is 461 g/mol. The minimum atomic E-state index is -0.377. The van der Waals surface area contributed by atoms with Crippen LogP contribution in [0.25, 0.3) is 17.2 Å². The molecule has 0 aliphatic heterocycles. The molecule has 2 aromatic carbocycles. The van der Waals surface area contributed by atoms with Crippen molar-refractivity contribution in [3.8, 4) is 17.2 Å². The maximum absolute atomic E-state index is 14.1. The SMILES string of the molecule is COc1cc(C=C2C(C)=C(CC(=O)NCc3cnccn3)c3cc(F)ccc32)cc(OC)c1O. The number of aromatic hydroxyl groups is 1. The van der Waals surface area contributed by atoms with E-state index in [4.69, 9.17) is 9.47 Å². The van der Waals surface area contributed by atoms with Gasteiger partial charge in [0.1, 0.15) is 5.82 Å². The second kappa shape index (κ2) is 9.74. The number of carbonyl (C=O) groups excluding carboxylic acids is 1. The summed E-state index contributed by atoms with van der Waals surface area (Å²) < 4.78 is 24.7. The molecule has 174 valence electrons. The Kier molecular flexibility index (Phi) is 6.58. The van der Waals surface area contributed by atoms with Crippen LogP contribution in [-0.4, -0.2) is 35.2 Å². The smallest absolute Gasteiger partial charge is 0.224 e. The van der Waals surface area contributed by atoms with Crippen molar-refractivity contribution in [2.24, 2.45) is 0 Å². The van der Waals surface area contributed by atoms with E-state index >= 15 is 0 Å². The van der Waals surface area contributed by atoms with E-state index in [1.165, 1.54) is 26.4 Å². The van der Waals surface area contributed by atoms with Gasteiger partial charge in [-0.2, -0.15) is 0 Å². The van der Waals surface area contributed by atoms with Gasteiger partial charge in [-0.25, -0.2) is 4.39 Å². The molecule has 1 amide bonds. The molecule has 8 heteroatoms. The van der Waals surface area contributed by atoms with Crippen molar-refractivity contribution in [1.82, 2.24) is 15.3 Å². The van der Waals surface area contributed by atoms with Crippen molar-refractivity contribution in [3.05, 3.63) is 82.7 Å². The van der Waals surface area contributed by atoms with Crippen molar-refractivity contribution >= 4 is 23.1 Å². The van der Waals surface area contributed by atoms with Crippen LogP contribution in [0.1, 0.15) is 35.7 Å². The molecule has 7 nitrogen and oxygen atoms in total. The Morgan fingerprint density at radius 1 is 1.12 bits per heavy atom. The summed E-state index contributed by atoms with van der Waals surface area (Å²) >= 11 is 0. The van der Waals surface area contributed by atoms with Gasteiger partial charge in [-0.15, -0.1) is 0 Å². The molecule has 34 heavy (non-hydrogen) atoms. The fraction of sp³-hybridized carbons (Fsp3) is 0.192. The van der Waals surface area contributed by atoms with Gasteiger partial charge in [-0.05, 0) is 70.7 Å². The summed E-state index contributed by atoms with van der Waals surface area (Å²) in [5, 5.41) is 13.1. The molecule has 1 aliphatic carbocycles. The first kappa shape index (κ1) is 23.0. The number of nitrogens with zero attached hydrogens (tertiary/aromatic N) is 2. The molecule has 0 unspecified atom stereocenters. The maximum atomic E-state index is 14.1. The zero-order chi connectivity index (χ0) is 24.2. The number of hydrogen-bond donors (Lipinski definition) is 2. The number of hydrogen-bond acceptors (Lipinski definition) is 6. The number of methoxy groups -OCH3 is 2. The number of allylic oxidation sites excluding steroid dienone is 2. The van der Waals surface area contributed by atoms with Crippen LogP contribution in [0.5, 0.6) is 17.2 Å². The standard InChI is InChI=1S/C26H24FN3O4/c1-15-20(8-16-9-23(33-2)26(32)24(10-16)34-3)19-5-4-17(27)11-22(19)21(15)12-25(31)30-14-18-13-28-6-7-29-18/h4-11,13,32H,12,14H2,1-3H3,(H,30,31). The van der Waals surface area contributed by atoms with Crippen molar-refractivity contribution in [1.29, 1.82) is 0 Å². The van der Waals surface area contributed by atoms with Crippen molar-refractivity contribution < 1.29 is 23.8 Å². The first-order valence-electron chi connectivity index (χ1n) is 10.6. The van der Waals surface area contributed by atoms with Crippen LogP contribution in [-0.2, 0) is 11.3 Å². The van der Waals surface area contributed by atoms with Gasteiger partial charge < -0.3 is 19.9 Å². The molecule has 0 spiro atoms. The third-order valence-electron chi connectivity index (χ3n) is 5.69. The quantitative estimate of drug-likeness (QED) is 0.543. The molecule has 0 atom stereocenters. The first-order chi connectivity index (χ1) is 16.4. The Morgan fingerprint density at radius 3 is 2.50 bits per heavy atom. The molecule has 1 heterocycles. The molecule has 1 aromatic heterocycles. The van der Waals surface area contributed by atoms with Crippen molar-refractivity contribution in [2.75, 3.05) is 14.2 Å². The summed E-state index contributed by atoms with van der Waals surface area (Å²) in [5.74, 6) is -0.126. The lowest BCUT2D eigenvalue weighted by atomic mass is 10.00. The largest absolute Gasteiger partial charge is 0.502 e. The van der Waals surface area contributed by atoms with Crippen LogP contribution < -0.4 is 14.8 Å². The van der Waals surface area contributed by atoms with Gasteiger partial charge >= 0.3 is 0 Å². The molecular formula is C26H24FN3O4. The highest BCUT2D eigenvalue weighted by Gasteiger charge is 2.26. The first-order valence-corrected chi connectivity index (χ1v) is 10.6. The number of amides is 1. The Labute approximate surface area is 196 Å². The number of fused-ring (bicyclic) bond motifs is 1. The van der Waals surface area contributed by atoms with Gasteiger partial charge in [0, 0.05) is 12.4 Å². The predicted octanol–water partition coefficient (Wildman–Crippen LogP) is 4.37. The highest BCUT2D eigenvalue weighted by Crippen LogP contribution is 2.45. The predicted molar refractivity (Wildman–Crippen MR) is 127 cm³/mol. The number of benzene rings is 2. The number of phenolic OH excluding ortho intramolecular Hbond substituents is 1. The molecule has 2 N–H and O–H groups in total. The molecule has 0 saturated carbocycles. The van der Waals surface area contributed by atoms with Gasteiger partial charge in [0.05, 0.1) is 39.1 Å². The van der Waals surface area contributed by atoms with Crippen molar-refractivity contribution in [3.63, 3.8) is 0 Å². The highest BCUT2D eigenvalue weighted by molar-refractivity contribution is 6.08. The zero-order valence-corrected chi connectivity index (χ0v) is 19.1. The number of rotatable bonds is 7. The highest BCUT2D eigenvalue weighted by atomic mass is 19.1. The molecule has 4 rings (SSSR count). The minimum Gasteiger partial charge on any atom is -0.502 e. The minimum absolute atomic E-state index is 0.0854. The molecule has 0 saturated heterocycles. The van der Waals surface area contributed by atoms with E-state index in [0.29, 0.717) is 11.3 Å². The number of phenols is 1. The van der Waals surface area contributed by atoms with Crippen LogP contribution in [0, 0.1) is 5.82 Å². The lowest BCUT2D eigenvalue weighted by molar-refractivity contribution is -0.120. The fourth-order valence-corrected chi connectivity index (χ4v) is 3.98. The molecule has 0 fully saturated rings. The van der Waals surface area contributed by atoms with E-state index in [1.54, 1.807) is 36.8 Å². The van der Waals surface area contributed by atoms with E-state index < -0.39 is 0 Å². The molecular weight excluding hydrogens is 437 g/mol. The Balaban J connectivity index is 1.68. The van der Waals surface area contributed by atoms with Crippen LogP contribution in [0.15, 0.2) is 54.5 Å². The van der Waals surface area contributed by atoms with Gasteiger partial charge in [0.15, 0.2) is 11.5 Å². The fourth-order valence-electron chi connectivity index (χ4n) is 3.98. The average Bonchev–Trinajstić information content (AvgIpc) is 3.09. The maximum Gasteiger partial charge on any atom is 0.224 e. The van der Waals surface area contributed by atoms with Crippen LogP contribution in [0.3, 0.4) is 0 Å². The van der Waals surface area contributed by atoms with Gasteiger partial charge in [0.25, 0.3) is 0 Å². The number of nitrogens with one attached hydrogen (secondary N) is 1. The zero-order valence-electron chi connectivity index (χ0n) is 19.1. The van der Waals surface area contributed by atoms with Crippen molar-refractivity contribution in [2.45, 2.75) is 19.9 Å². The molecule has 0 bridgehead atoms. The summed E-state index contributed by atoms with van der Waals surface area (Å²) in [5.41, 5.74) is 5.33. The number of ether oxygens (including phenoxy) is 2. The molecule has 3 aromatic rings. The second-order valence-corrected chi connectivity index (χ2v) is 7.78. The van der Waals surface area contributed by atoms with E-state index in [2.05, 4.69) is 15.3 Å².